The number of aromatic hydroxyl groups is 1. The SMILES string of the molecule is C=C(C)C(=C)C.Oc1ccccc1. The van der Waals surface area contributed by atoms with Crippen LogP contribution in [-0.2, 0) is 0 Å². The highest BCUT2D eigenvalue weighted by atomic mass is 16.3. The van der Waals surface area contributed by atoms with Gasteiger partial charge >= 0.3 is 0 Å². The maximum atomic E-state index is 8.63. The molecule has 0 saturated carbocycles. The lowest BCUT2D eigenvalue weighted by molar-refractivity contribution is 0.475. The van der Waals surface area contributed by atoms with Crippen LogP contribution in [0.25, 0.3) is 0 Å². The Kier molecular flexibility index (Phi) is 5.37. The van der Waals surface area contributed by atoms with E-state index in [1.54, 1.807) is 24.3 Å². The molecular formula is C12H16O. The van der Waals surface area contributed by atoms with Gasteiger partial charge in [-0.05, 0) is 26.0 Å². The van der Waals surface area contributed by atoms with E-state index in [1.807, 2.05) is 19.9 Å². The van der Waals surface area contributed by atoms with E-state index in [4.69, 9.17) is 5.11 Å². The minimum atomic E-state index is 0.322. The van der Waals surface area contributed by atoms with Crippen molar-refractivity contribution in [3.63, 3.8) is 0 Å². The van der Waals surface area contributed by atoms with Gasteiger partial charge in [0.15, 0.2) is 0 Å². The molecule has 0 aliphatic rings. The molecule has 0 heterocycles. The lowest BCUT2D eigenvalue weighted by Gasteiger charge is -1.88. The molecule has 0 unspecified atom stereocenters. The van der Waals surface area contributed by atoms with Gasteiger partial charge in [-0.25, -0.2) is 0 Å². The van der Waals surface area contributed by atoms with Gasteiger partial charge in [-0.1, -0.05) is 42.5 Å². The number of hydrogen-bond acceptors (Lipinski definition) is 1. The standard InChI is InChI=1S/C6H6O.C6H10/c7-6-4-2-1-3-5-6;1-5(2)6(3)4/h1-5,7H;1,3H2,2,4H3. The molecule has 0 aliphatic heterocycles. The first-order chi connectivity index (χ1) is 6.04. The molecule has 0 spiro atoms. The van der Waals surface area contributed by atoms with E-state index in [-0.39, 0.29) is 0 Å². The summed E-state index contributed by atoms with van der Waals surface area (Å²) in [6.45, 7) is 11.2. The van der Waals surface area contributed by atoms with Crippen LogP contribution in [0.2, 0.25) is 0 Å². The summed E-state index contributed by atoms with van der Waals surface area (Å²) < 4.78 is 0. The fourth-order valence-corrected chi connectivity index (χ4v) is 0.428. The molecule has 0 amide bonds. The number of phenolic OH excluding ortho intramolecular Hbond substituents is 1. The molecule has 1 rings (SSSR count). The molecule has 0 saturated heterocycles. The largest absolute Gasteiger partial charge is 0.508 e. The summed E-state index contributed by atoms with van der Waals surface area (Å²) in [6.07, 6.45) is 0. The van der Waals surface area contributed by atoms with Crippen molar-refractivity contribution in [1.82, 2.24) is 0 Å². The Labute approximate surface area is 80.0 Å². The van der Waals surface area contributed by atoms with Crippen LogP contribution in [0.5, 0.6) is 5.75 Å². The van der Waals surface area contributed by atoms with Crippen LogP contribution >= 0.6 is 0 Å². The van der Waals surface area contributed by atoms with E-state index < -0.39 is 0 Å². The lowest BCUT2D eigenvalue weighted by Crippen LogP contribution is -1.67. The van der Waals surface area contributed by atoms with Gasteiger partial charge in [0.2, 0.25) is 0 Å². The maximum absolute atomic E-state index is 8.63. The van der Waals surface area contributed by atoms with E-state index >= 15 is 0 Å². The average molecular weight is 176 g/mol. The number of benzene rings is 1. The first-order valence-electron chi connectivity index (χ1n) is 4.09. The number of para-hydroxylation sites is 1. The first-order valence-corrected chi connectivity index (χ1v) is 4.09. The van der Waals surface area contributed by atoms with Crippen molar-refractivity contribution < 1.29 is 5.11 Å². The van der Waals surface area contributed by atoms with Crippen LogP contribution in [0.1, 0.15) is 13.8 Å². The second kappa shape index (κ2) is 6.06. The van der Waals surface area contributed by atoms with Gasteiger partial charge in [-0.2, -0.15) is 0 Å². The molecule has 0 aromatic heterocycles. The molecule has 0 radical (unpaired) electrons. The fourth-order valence-electron chi connectivity index (χ4n) is 0.428. The van der Waals surface area contributed by atoms with Crippen LogP contribution in [0, 0.1) is 0 Å². The molecule has 70 valence electrons. The summed E-state index contributed by atoms with van der Waals surface area (Å²) in [7, 11) is 0. The third-order valence-electron chi connectivity index (χ3n) is 1.48. The normalized spacial score (nSPS) is 8.15. The molecule has 1 N–H and O–H groups in total. The monoisotopic (exact) mass is 176 g/mol. The van der Waals surface area contributed by atoms with Gasteiger partial charge in [-0.3, -0.25) is 0 Å². The summed E-state index contributed by atoms with van der Waals surface area (Å²) in [4.78, 5) is 0. The number of phenols is 1. The lowest BCUT2D eigenvalue weighted by atomic mass is 10.2. The molecule has 1 aromatic carbocycles. The van der Waals surface area contributed by atoms with Crippen molar-refractivity contribution >= 4 is 0 Å². The smallest absolute Gasteiger partial charge is 0.115 e. The van der Waals surface area contributed by atoms with Gasteiger partial charge in [0, 0.05) is 0 Å². The third-order valence-corrected chi connectivity index (χ3v) is 1.48. The van der Waals surface area contributed by atoms with Crippen molar-refractivity contribution in [2.24, 2.45) is 0 Å². The highest BCUT2D eigenvalue weighted by Gasteiger charge is 1.77. The summed E-state index contributed by atoms with van der Waals surface area (Å²) in [6, 6.07) is 8.71. The van der Waals surface area contributed by atoms with Crippen molar-refractivity contribution in [1.29, 1.82) is 0 Å². The van der Waals surface area contributed by atoms with Crippen LogP contribution in [0.4, 0.5) is 0 Å². The van der Waals surface area contributed by atoms with E-state index in [9.17, 15) is 0 Å². The van der Waals surface area contributed by atoms with Crippen molar-refractivity contribution in [2.45, 2.75) is 13.8 Å². The Morgan fingerprint density at radius 1 is 1.00 bits per heavy atom. The minimum Gasteiger partial charge on any atom is -0.508 e. The highest BCUT2D eigenvalue weighted by molar-refractivity contribution is 5.19. The molecule has 0 aliphatic carbocycles. The van der Waals surface area contributed by atoms with Gasteiger partial charge in [-0.15, -0.1) is 0 Å². The van der Waals surface area contributed by atoms with Gasteiger partial charge in [0.05, 0.1) is 0 Å². The van der Waals surface area contributed by atoms with Crippen LogP contribution in [0.15, 0.2) is 54.6 Å². The van der Waals surface area contributed by atoms with Crippen LogP contribution in [-0.4, -0.2) is 5.11 Å². The second-order valence-electron chi connectivity index (χ2n) is 2.90. The van der Waals surface area contributed by atoms with Gasteiger partial charge in [0.25, 0.3) is 0 Å². The average Bonchev–Trinajstić information content (AvgIpc) is 2.06. The summed E-state index contributed by atoms with van der Waals surface area (Å²) in [5, 5.41) is 8.63. The third kappa shape index (κ3) is 6.88. The Bertz CT molecular complexity index is 260. The predicted octanol–water partition coefficient (Wildman–Crippen LogP) is 3.53. The molecule has 0 fully saturated rings. The molecule has 1 heteroatoms. The van der Waals surface area contributed by atoms with Gasteiger partial charge < -0.3 is 5.11 Å². The number of rotatable bonds is 1. The molecule has 1 nitrogen and oxygen atoms in total. The Morgan fingerprint density at radius 3 is 1.54 bits per heavy atom. The van der Waals surface area contributed by atoms with Crippen molar-refractivity contribution in [2.75, 3.05) is 0 Å². The van der Waals surface area contributed by atoms with Crippen molar-refractivity contribution in [3.05, 3.63) is 54.6 Å². The molecule has 0 bridgehead atoms. The molecule has 1 aromatic rings. The van der Waals surface area contributed by atoms with E-state index in [2.05, 4.69) is 13.2 Å². The minimum absolute atomic E-state index is 0.322. The van der Waals surface area contributed by atoms with Crippen molar-refractivity contribution in [3.8, 4) is 5.75 Å². The zero-order valence-corrected chi connectivity index (χ0v) is 8.25. The Morgan fingerprint density at radius 2 is 1.38 bits per heavy atom. The number of hydrogen-bond donors (Lipinski definition) is 1. The zero-order valence-electron chi connectivity index (χ0n) is 8.25. The summed E-state index contributed by atoms with van der Waals surface area (Å²) >= 11 is 0. The number of allylic oxidation sites excluding steroid dienone is 2. The molecule has 0 atom stereocenters. The van der Waals surface area contributed by atoms with E-state index in [0.717, 1.165) is 11.1 Å². The van der Waals surface area contributed by atoms with E-state index in [1.165, 1.54) is 0 Å². The summed E-state index contributed by atoms with van der Waals surface area (Å²) in [5.74, 6) is 0.322. The Balaban J connectivity index is 0.000000226. The first kappa shape index (κ1) is 11.5. The second-order valence-corrected chi connectivity index (χ2v) is 2.90. The van der Waals surface area contributed by atoms with Crippen LogP contribution < -0.4 is 0 Å². The topological polar surface area (TPSA) is 20.2 Å². The highest BCUT2D eigenvalue weighted by Crippen LogP contribution is 2.02. The zero-order chi connectivity index (χ0) is 10.3. The molecular weight excluding hydrogens is 160 g/mol. The molecule has 13 heavy (non-hydrogen) atoms. The Hall–Kier alpha value is -1.50. The predicted molar refractivity (Wildman–Crippen MR) is 57.7 cm³/mol. The van der Waals surface area contributed by atoms with E-state index in [0.29, 0.717) is 5.75 Å². The fraction of sp³-hybridized carbons (Fsp3) is 0.167. The summed E-state index contributed by atoms with van der Waals surface area (Å²) in [5.41, 5.74) is 2.13. The van der Waals surface area contributed by atoms with Crippen LogP contribution in [0.3, 0.4) is 0 Å². The maximum Gasteiger partial charge on any atom is 0.115 e. The van der Waals surface area contributed by atoms with Gasteiger partial charge in [0.1, 0.15) is 5.75 Å². The quantitative estimate of drug-likeness (QED) is 0.649.